The molecule has 0 aromatic heterocycles. The first-order valence-corrected chi connectivity index (χ1v) is 27.5. The predicted octanol–water partition coefficient (Wildman–Crippen LogP) is 16.3. The van der Waals surface area contributed by atoms with Crippen LogP contribution in [0.1, 0.15) is 232 Å². The lowest BCUT2D eigenvalue weighted by Gasteiger charge is -2.31. The fourth-order valence-corrected chi connectivity index (χ4v) is 7.88. The van der Waals surface area contributed by atoms with Crippen molar-refractivity contribution in [2.45, 2.75) is 244 Å². The molecule has 0 aromatic rings. The molecule has 0 rings (SSSR count). The number of allylic oxidation sites excluding steroid dienone is 12. The van der Waals surface area contributed by atoms with E-state index in [1.54, 1.807) is 0 Å². The van der Waals surface area contributed by atoms with Gasteiger partial charge in [-0.05, 0) is 83.5 Å². The Bertz CT molecular complexity index is 1320. The summed E-state index contributed by atoms with van der Waals surface area (Å²) in [6.07, 6.45) is 63.9. The fraction of sp³-hybridized carbons (Fsp3) is 0.746. The molecule has 0 fully saturated rings. The van der Waals surface area contributed by atoms with Crippen molar-refractivity contribution in [3.8, 4) is 0 Å². The molecule has 0 aromatic carbocycles. The zero-order valence-corrected chi connectivity index (χ0v) is 44.1. The summed E-state index contributed by atoms with van der Waals surface area (Å²) in [4.78, 5) is 37.2. The molecular weight excluding hydrogens is 835 g/mol. The van der Waals surface area contributed by atoms with Gasteiger partial charge in [0.1, 0.15) is 6.61 Å². The average Bonchev–Trinajstić information content (AvgIpc) is 3.29. The van der Waals surface area contributed by atoms with Crippen LogP contribution < -0.4 is 0 Å². The van der Waals surface area contributed by atoms with E-state index in [-0.39, 0.29) is 36.2 Å². The molecule has 2 atom stereocenters. The molecule has 0 aliphatic carbocycles. The van der Waals surface area contributed by atoms with Crippen LogP contribution in [0.5, 0.6) is 0 Å². The highest BCUT2D eigenvalue weighted by Gasteiger charge is 2.31. The van der Waals surface area contributed by atoms with Crippen molar-refractivity contribution < 1.29 is 38.2 Å². The van der Waals surface area contributed by atoms with Gasteiger partial charge >= 0.3 is 17.9 Å². The van der Waals surface area contributed by atoms with Gasteiger partial charge in [0.25, 0.3) is 0 Å². The fourth-order valence-electron chi connectivity index (χ4n) is 7.88. The van der Waals surface area contributed by atoms with Crippen molar-refractivity contribution >= 4 is 17.9 Å². The number of unbranched alkanes of at least 4 members (excludes halogenated alkanes) is 23. The van der Waals surface area contributed by atoms with Crippen molar-refractivity contribution in [2.75, 3.05) is 41.0 Å². The van der Waals surface area contributed by atoms with Crippen molar-refractivity contribution in [1.29, 1.82) is 0 Å². The third kappa shape index (κ3) is 47.6. The maximum atomic E-state index is 12.8. The number of carbonyl (C=O) groups excluding carboxylic acids is 2. The minimum absolute atomic E-state index is 0.0485. The lowest BCUT2D eigenvalue weighted by atomic mass is 10.0. The molecule has 0 heterocycles. The van der Waals surface area contributed by atoms with Gasteiger partial charge in [-0.3, -0.25) is 9.59 Å². The standard InChI is InChI=1S/C59H103NO7/c1-6-8-10-12-14-16-18-20-22-24-26-28-29-30-32-34-36-38-40-42-44-46-48-50-58(62)67-55(53-65-52-51-56(59(63)64)60(3,4)5)54-66-57(61)49-47-45-43-41-39-37-35-33-31-27-25-23-21-19-17-15-13-11-9-7-2/h9,11,15,17,21,23,27,30-32,35,37,55-56H,6-8,10,12-14,16,18-20,22,24-26,28-29,33-34,36,38-54H2,1-5H3/p+1/b11-9+,17-15+,23-21+,31-27+,32-30+,37-35+. The molecule has 0 bridgehead atoms. The van der Waals surface area contributed by atoms with Crippen molar-refractivity contribution in [1.82, 2.24) is 0 Å². The average molecular weight is 939 g/mol. The smallest absolute Gasteiger partial charge is 0.362 e. The van der Waals surface area contributed by atoms with Crippen LogP contribution >= 0.6 is 0 Å². The van der Waals surface area contributed by atoms with Gasteiger partial charge in [0, 0.05) is 19.3 Å². The SMILES string of the molecule is CC/C=C/C/C=C/C/C=C/C/C=C/C/C=C/CCCCCCC(=O)OCC(COCCC(C(=O)O)[N+](C)(C)C)OC(=O)CCCCCCCCC/C=C/CCCCCCCCCCCCCC. The van der Waals surface area contributed by atoms with Crippen molar-refractivity contribution in [3.63, 3.8) is 0 Å². The number of rotatable bonds is 49. The highest BCUT2D eigenvalue weighted by molar-refractivity contribution is 5.72. The van der Waals surface area contributed by atoms with Crippen LogP contribution in [0, 0.1) is 0 Å². The number of nitrogens with zero attached hydrogens (tertiary/aromatic N) is 1. The summed E-state index contributed by atoms with van der Waals surface area (Å²) in [6, 6.07) is -0.624. The Morgan fingerprint density at radius 3 is 1.25 bits per heavy atom. The monoisotopic (exact) mass is 939 g/mol. The minimum atomic E-state index is -0.880. The van der Waals surface area contributed by atoms with Crippen LogP contribution in [0.15, 0.2) is 72.9 Å². The molecule has 8 heteroatoms. The summed E-state index contributed by atoms with van der Waals surface area (Å²) >= 11 is 0. The van der Waals surface area contributed by atoms with Crippen LogP contribution in [-0.2, 0) is 28.6 Å². The summed E-state index contributed by atoms with van der Waals surface area (Å²) in [7, 11) is 5.53. The van der Waals surface area contributed by atoms with E-state index < -0.39 is 18.1 Å². The zero-order valence-electron chi connectivity index (χ0n) is 44.1. The Hall–Kier alpha value is -3.23. The van der Waals surface area contributed by atoms with E-state index in [2.05, 4.69) is 86.8 Å². The summed E-state index contributed by atoms with van der Waals surface area (Å²) in [6.45, 7) is 4.61. The van der Waals surface area contributed by atoms with Crippen LogP contribution in [0.25, 0.3) is 0 Å². The lowest BCUT2D eigenvalue weighted by molar-refractivity contribution is -0.887. The second kappa shape index (κ2) is 49.2. The molecule has 386 valence electrons. The second-order valence-corrected chi connectivity index (χ2v) is 19.5. The van der Waals surface area contributed by atoms with Gasteiger partial charge in [-0.2, -0.15) is 0 Å². The summed E-state index contributed by atoms with van der Waals surface area (Å²) in [5.74, 6) is -1.50. The van der Waals surface area contributed by atoms with E-state index in [0.29, 0.717) is 19.3 Å². The van der Waals surface area contributed by atoms with E-state index >= 15 is 0 Å². The van der Waals surface area contributed by atoms with Crippen LogP contribution in [0.3, 0.4) is 0 Å². The third-order valence-electron chi connectivity index (χ3n) is 12.1. The van der Waals surface area contributed by atoms with Crippen LogP contribution in [-0.4, -0.2) is 80.6 Å². The molecule has 0 aliphatic heterocycles. The molecule has 0 radical (unpaired) electrons. The number of quaternary nitrogens is 1. The van der Waals surface area contributed by atoms with Gasteiger partial charge < -0.3 is 23.8 Å². The quantitative estimate of drug-likeness (QED) is 0.0281. The van der Waals surface area contributed by atoms with Gasteiger partial charge in [0.15, 0.2) is 12.1 Å². The van der Waals surface area contributed by atoms with Crippen molar-refractivity contribution in [3.05, 3.63) is 72.9 Å². The number of aliphatic carboxylic acids is 1. The number of esters is 2. The number of carboxylic acids is 1. The van der Waals surface area contributed by atoms with Gasteiger partial charge in [-0.25, -0.2) is 4.79 Å². The highest BCUT2D eigenvalue weighted by atomic mass is 16.6. The minimum Gasteiger partial charge on any atom is -0.477 e. The molecule has 0 amide bonds. The maximum absolute atomic E-state index is 12.8. The molecule has 0 aliphatic rings. The Morgan fingerprint density at radius 1 is 0.463 bits per heavy atom. The second-order valence-electron chi connectivity index (χ2n) is 19.5. The first kappa shape index (κ1) is 63.8. The third-order valence-corrected chi connectivity index (χ3v) is 12.1. The summed E-state index contributed by atoms with van der Waals surface area (Å²) in [5, 5.41) is 9.67. The lowest BCUT2D eigenvalue weighted by Crippen LogP contribution is -2.50. The molecule has 0 saturated carbocycles. The molecule has 0 spiro atoms. The molecule has 1 N–H and O–H groups in total. The summed E-state index contributed by atoms with van der Waals surface area (Å²) in [5.41, 5.74) is 0. The van der Waals surface area contributed by atoms with Gasteiger partial charge in [-0.1, -0.05) is 202 Å². The molecule has 8 nitrogen and oxygen atoms in total. The van der Waals surface area contributed by atoms with E-state index in [1.807, 2.05) is 21.1 Å². The number of likely N-dealkylation sites (N-methyl/N-ethyl adjacent to an activating group) is 1. The normalized spacial score (nSPS) is 13.4. The van der Waals surface area contributed by atoms with Gasteiger partial charge in [0.2, 0.25) is 0 Å². The first-order valence-electron chi connectivity index (χ1n) is 27.5. The number of carbonyl (C=O) groups is 3. The highest BCUT2D eigenvalue weighted by Crippen LogP contribution is 2.15. The molecular formula is C59H104NO7+. The number of carboxylic acid groups (broad SMARTS) is 1. The largest absolute Gasteiger partial charge is 0.477 e. The van der Waals surface area contributed by atoms with E-state index in [1.165, 1.54) is 116 Å². The predicted molar refractivity (Wildman–Crippen MR) is 284 cm³/mol. The zero-order chi connectivity index (χ0) is 49.2. The van der Waals surface area contributed by atoms with Gasteiger partial charge in [0.05, 0.1) is 34.4 Å². The number of ether oxygens (including phenoxy) is 3. The number of hydrogen-bond acceptors (Lipinski definition) is 6. The number of hydrogen-bond donors (Lipinski definition) is 1. The van der Waals surface area contributed by atoms with E-state index in [9.17, 15) is 19.5 Å². The Morgan fingerprint density at radius 2 is 0.836 bits per heavy atom. The van der Waals surface area contributed by atoms with Crippen LogP contribution in [0.4, 0.5) is 0 Å². The molecule has 2 unspecified atom stereocenters. The first-order chi connectivity index (χ1) is 32.6. The Kier molecular flexibility index (Phi) is 46.8. The van der Waals surface area contributed by atoms with Gasteiger partial charge in [-0.15, -0.1) is 0 Å². The van der Waals surface area contributed by atoms with E-state index in [4.69, 9.17) is 14.2 Å². The molecule has 0 saturated heterocycles. The van der Waals surface area contributed by atoms with E-state index in [0.717, 1.165) is 83.5 Å². The Labute approximate surface area is 412 Å². The maximum Gasteiger partial charge on any atom is 0.362 e. The summed E-state index contributed by atoms with van der Waals surface area (Å²) < 4.78 is 17.4. The topological polar surface area (TPSA) is 99.1 Å². The molecule has 67 heavy (non-hydrogen) atoms. The van der Waals surface area contributed by atoms with Crippen LogP contribution in [0.2, 0.25) is 0 Å². The Balaban J connectivity index is 4.26. The van der Waals surface area contributed by atoms with Crippen molar-refractivity contribution in [2.24, 2.45) is 0 Å².